The predicted octanol–water partition coefficient (Wildman–Crippen LogP) is 5.80. The van der Waals surface area contributed by atoms with E-state index in [1.807, 2.05) is 32.0 Å². The first kappa shape index (κ1) is 22.8. The van der Waals surface area contributed by atoms with Crippen molar-refractivity contribution in [1.29, 1.82) is 0 Å². The highest BCUT2D eigenvalue weighted by Crippen LogP contribution is 2.32. The van der Waals surface area contributed by atoms with Crippen LogP contribution in [0.2, 0.25) is 0 Å². The van der Waals surface area contributed by atoms with E-state index in [1.54, 1.807) is 30.3 Å². The Morgan fingerprint density at radius 2 is 1.83 bits per heavy atom. The van der Waals surface area contributed by atoms with Crippen molar-refractivity contribution in [3.05, 3.63) is 57.9 Å². The number of fused-ring (bicyclic) bond motifs is 1. The van der Waals surface area contributed by atoms with Crippen molar-refractivity contribution >= 4 is 59.0 Å². The van der Waals surface area contributed by atoms with Gasteiger partial charge in [-0.05, 0) is 74.2 Å². The van der Waals surface area contributed by atoms with Crippen molar-refractivity contribution < 1.29 is 13.2 Å². The highest BCUT2D eigenvalue weighted by Gasteiger charge is 2.24. The van der Waals surface area contributed by atoms with Gasteiger partial charge in [0.15, 0.2) is 0 Å². The lowest BCUT2D eigenvalue weighted by Gasteiger charge is -2.23. The molecule has 3 rings (SSSR count). The molecule has 0 aliphatic rings. The second kappa shape index (κ2) is 9.49. The molecule has 0 aliphatic carbocycles. The van der Waals surface area contributed by atoms with E-state index in [9.17, 15) is 13.2 Å². The molecule has 1 aromatic heterocycles. The molecule has 8 heteroatoms. The second-order valence-corrected chi connectivity index (χ2v) is 11.0. The molecule has 0 saturated carbocycles. The van der Waals surface area contributed by atoms with Crippen LogP contribution >= 0.6 is 27.3 Å². The first-order chi connectivity index (χ1) is 14.3. The number of rotatable bonds is 8. The van der Waals surface area contributed by atoms with E-state index < -0.39 is 10.0 Å². The monoisotopic (exact) mass is 508 g/mol. The Balaban J connectivity index is 1.91. The zero-order valence-corrected chi connectivity index (χ0v) is 20.4. The summed E-state index contributed by atoms with van der Waals surface area (Å²) in [6.45, 7) is 6.20. The molecule has 3 aromatic rings. The SMILES string of the molecule is CCC[C@@H](C)NC(=O)c1cc2cc(N(CC)S(=O)(=O)c3ccc(Br)cc3)ccc2s1. The van der Waals surface area contributed by atoms with Gasteiger partial charge in [0.1, 0.15) is 0 Å². The third-order valence-corrected chi connectivity index (χ3v) is 8.36. The first-order valence-electron chi connectivity index (χ1n) is 9.89. The topological polar surface area (TPSA) is 66.5 Å². The number of benzene rings is 2. The van der Waals surface area contributed by atoms with E-state index in [2.05, 4.69) is 28.2 Å². The van der Waals surface area contributed by atoms with Crippen molar-refractivity contribution in [2.75, 3.05) is 10.8 Å². The number of hydrogen-bond donors (Lipinski definition) is 1. The molecule has 1 atom stereocenters. The van der Waals surface area contributed by atoms with E-state index in [4.69, 9.17) is 0 Å². The maximum Gasteiger partial charge on any atom is 0.264 e. The van der Waals surface area contributed by atoms with E-state index in [1.165, 1.54) is 15.6 Å². The zero-order chi connectivity index (χ0) is 21.9. The number of thiophene rings is 1. The van der Waals surface area contributed by atoms with Crippen LogP contribution in [0.5, 0.6) is 0 Å². The third kappa shape index (κ3) is 4.87. The van der Waals surface area contributed by atoms with Gasteiger partial charge in [0.05, 0.1) is 15.5 Å². The highest BCUT2D eigenvalue weighted by atomic mass is 79.9. The normalized spacial score (nSPS) is 12.7. The van der Waals surface area contributed by atoms with Gasteiger partial charge < -0.3 is 5.32 Å². The largest absolute Gasteiger partial charge is 0.349 e. The van der Waals surface area contributed by atoms with Crippen LogP contribution in [0.4, 0.5) is 5.69 Å². The van der Waals surface area contributed by atoms with Crippen molar-refractivity contribution in [1.82, 2.24) is 5.32 Å². The molecule has 1 heterocycles. The van der Waals surface area contributed by atoms with Crippen molar-refractivity contribution in [2.45, 2.75) is 44.6 Å². The average Bonchev–Trinajstić information content (AvgIpc) is 3.12. The van der Waals surface area contributed by atoms with Gasteiger partial charge in [-0.15, -0.1) is 11.3 Å². The van der Waals surface area contributed by atoms with Crippen molar-refractivity contribution in [3.8, 4) is 0 Å². The lowest BCUT2D eigenvalue weighted by molar-refractivity contribution is 0.0942. The molecule has 1 amide bonds. The molecular formula is C22H25BrN2O3S2. The van der Waals surface area contributed by atoms with E-state index in [0.717, 1.165) is 27.4 Å². The summed E-state index contributed by atoms with van der Waals surface area (Å²) in [5.74, 6) is -0.0893. The number of halogens is 1. The fourth-order valence-electron chi connectivity index (χ4n) is 3.32. The minimum atomic E-state index is -3.68. The number of carbonyl (C=O) groups excluding carboxylic acids is 1. The van der Waals surface area contributed by atoms with Crippen LogP contribution in [0.15, 0.2) is 57.9 Å². The summed E-state index contributed by atoms with van der Waals surface area (Å²) >= 11 is 4.75. The molecule has 2 aromatic carbocycles. The molecule has 0 aliphatic heterocycles. The summed E-state index contributed by atoms with van der Waals surface area (Å²) in [6.07, 6.45) is 1.94. The second-order valence-electron chi connectivity index (χ2n) is 7.12. The lowest BCUT2D eigenvalue weighted by atomic mass is 10.2. The van der Waals surface area contributed by atoms with E-state index in [-0.39, 0.29) is 16.8 Å². The molecule has 0 saturated heterocycles. The Morgan fingerprint density at radius 1 is 1.13 bits per heavy atom. The van der Waals surface area contributed by atoms with Gasteiger partial charge in [-0.1, -0.05) is 29.3 Å². The average molecular weight is 509 g/mol. The smallest absolute Gasteiger partial charge is 0.264 e. The Bertz CT molecular complexity index is 1140. The number of anilines is 1. The van der Waals surface area contributed by atoms with E-state index in [0.29, 0.717) is 17.1 Å². The molecule has 160 valence electrons. The summed E-state index contributed by atoms with van der Waals surface area (Å²) in [6, 6.07) is 14.1. The Kier molecular flexibility index (Phi) is 7.21. The molecular weight excluding hydrogens is 484 g/mol. The molecule has 0 fully saturated rings. The van der Waals surface area contributed by atoms with Crippen LogP contribution in [0.25, 0.3) is 10.1 Å². The van der Waals surface area contributed by atoms with Crippen LogP contribution in [0, 0.1) is 0 Å². The van der Waals surface area contributed by atoms with Gasteiger partial charge in [0.2, 0.25) is 0 Å². The Morgan fingerprint density at radius 3 is 2.47 bits per heavy atom. The van der Waals surface area contributed by atoms with Crippen LogP contribution in [0.1, 0.15) is 43.3 Å². The quantitative estimate of drug-likeness (QED) is 0.418. The number of nitrogens with zero attached hydrogens (tertiary/aromatic N) is 1. The van der Waals surface area contributed by atoms with Crippen LogP contribution < -0.4 is 9.62 Å². The van der Waals surface area contributed by atoms with Gasteiger partial charge in [-0.2, -0.15) is 0 Å². The number of amides is 1. The lowest BCUT2D eigenvalue weighted by Crippen LogP contribution is -2.31. The standard InChI is InChI=1S/C22H25BrN2O3S2/c1-4-6-15(3)24-22(26)21-14-16-13-18(9-12-20(16)29-21)25(5-2)30(27,28)19-10-7-17(23)8-11-19/h7-15H,4-6H2,1-3H3,(H,24,26)/t15-/m1/s1. The van der Waals surface area contributed by atoms with E-state index >= 15 is 0 Å². The number of hydrogen-bond acceptors (Lipinski definition) is 4. The zero-order valence-electron chi connectivity index (χ0n) is 17.2. The van der Waals surface area contributed by atoms with Gasteiger partial charge in [-0.3, -0.25) is 9.10 Å². The molecule has 0 radical (unpaired) electrons. The summed E-state index contributed by atoms with van der Waals surface area (Å²) < 4.78 is 29.5. The minimum Gasteiger partial charge on any atom is -0.349 e. The molecule has 5 nitrogen and oxygen atoms in total. The first-order valence-corrected chi connectivity index (χ1v) is 12.9. The summed E-state index contributed by atoms with van der Waals surface area (Å²) in [7, 11) is -3.68. The molecule has 0 unspecified atom stereocenters. The number of carbonyl (C=O) groups is 1. The van der Waals surface area contributed by atoms with Gasteiger partial charge in [-0.25, -0.2) is 8.42 Å². The van der Waals surface area contributed by atoms with Crippen LogP contribution in [0.3, 0.4) is 0 Å². The number of nitrogens with one attached hydrogen (secondary N) is 1. The third-order valence-electron chi connectivity index (χ3n) is 4.80. The van der Waals surface area contributed by atoms with Gasteiger partial charge >= 0.3 is 0 Å². The highest BCUT2D eigenvalue weighted by molar-refractivity contribution is 9.10. The van der Waals surface area contributed by atoms with Gasteiger partial charge in [0, 0.05) is 21.8 Å². The molecule has 0 bridgehead atoms. The minimum absolute atomic E-state index is 0.0893. The molecule has 30 heavy (non-hydrogen) atoms. The summed E-state index contributed by atoms with van der Waals surface area (Å²) in [4.78, 5) is 13.4. The Hall–Kier alpha value is -1.90. The maximum absolute atomic E-state index is 13.2. The summed E-state index contributed by atoms with van der Waals surface area (Å²) in [5.41, 5.74) is 0.581. The fourth-order valence-corrected chi connectivity index (χ4v) is 6.00. The Labute approximate surface area is 190 Å². The maximum atomic E-state index is 13.2. The van der Waals surface area contributed by atoms with Crippen molar-refractivity contribution in [3.63, 3.8) is 0 Å². The van der Waals surface area contributed by atoms with Crippen molar-refractivity contribution in [2.24, 2.45) is 0 Å². The predicted molar refractivity (Wildman–Crippen MR) is 128 cm³/mol. The summed E-state index contributed by atoms with van der Waals surface area (Å²) in [5, 5.41) is 3.87. The van der Waals surface area contributed by atoms with Gasteiger partial charge in [0.25, 0.3) is 15.9 Å². The molecule has 1 N–H and O–H groups in total. The number of sulfonamides is 1. The van der Waals surface area contributed by atoms with Crippen LogP contribution in [-0.2, 0) is 10.0 Å². The molecule has 0 spiro atoms. The van der Waals surface area contributed by atoms with Crippen LogP contribution in [-0.4, -0.2) is 26.9 Å². The fraction of sp³-hybridized carbons (Fsp3) is 0.318.